The van der Waals surface area contributed by atoms with Crippen LogP contribution in [0.5, 0.6) is 0 Å². The summed E-state index contributed by atoms with van der Waals surface area (Å²) in [6, 6.07) is 8.48. The van der Waals surface area contributed by atoms with Gasteiger partial charge < -0.3 is 5.73 Å². The quantitative estimate of drug-likeness (QED) is 0.892. The molecule has 94 valence electrons. The molecule has 2 N–H and O–H groups in total. The first-order valence-corrected chi connectivity index (χ1v) is 8.38. The fourth-order valence-electron chi connectivity index (χ4n) is 2.10. The van der Waals surface area contributed by atoms with Gasteiger partial charge in [-0.15, -0.1) is 11.8 Å². The Kier molecular flexibility index (Phi) is 4.65. The zero-order chi connectivity index (χ0) is 12.3. The van der Waals surface area contributed by atoms with E-state index < -0.39 is 10.8 Å². The molecule has 3 atom stereocenters. The maximum atomic E-state index is 12.1. The predicted molar refractivity (Wildman–Crippen MR) is 76.0 cm³/mol. The van der Waals surface area contributed by atoms with Crippen molar-refractivity contribution in [3.63, 3.8) is 0 Å². The van der Waals surface area contributed by atoms with Crippen molar-refractivity contribution in [1.82, 2.24) is 0 Å². The minimum Gasteiger partial charge on any atom is -0.330 e. The van der Waals surface area contributed by atoms with Crippen LogP contribution in [-0.4, -0.2) is 27.5 Å². The standard InChI is InChI=1S/C13H19NOS2/c1-10(6-7-14)17(15)9-11-8-16-13-5-3-2-4-12(11)13/h2-5,10-11H,6-9,14H2,1H3. The van der Waals surface area contributed by atoms with Crippen LogP contribution >= 0.6 is 11.8 Å². The van der Waals surface area contributed by atoms with Gasteiger partial charge in [-0.2, -0.15) is 0 Å². The van der Waals surface area contributed by atoms with E-state index in [9.17, 15) is 4.21 Å². The Balaban J connectivity index is 2.00. The Labute approximate surface area is 110 Å². The fraction of sp³-hybridized carbons (Fsp3) is 0.538. The van der Waals surface area contributed by atoms with Gasteiger partial charge in [0.05, 0.1) is 0 Å². The molecule has 1 aliphatic rings. The second-order valence-corrected chi connectivity index (χ2v) is 7.44. The van der Waals surface area contributed by atoms with Crippen LogP contribution in [0.4, 0.5) is 0 Å². The molecule has 4 heteroatoms. The van der Waals surface area contributed by atoms with Crippen molar-refractivity contribution >= 4 is 22.6 Å². The molecule has 0 bridgehead atoms. The number of rotatable bonds is 5. The first kappa shape index (κ1) is 13.1. The van der Waals surface area contributed by atoms with Gasteiger partial charge in [0.15, 0.2) is 0 Å². The molecule has 3 unspecified atom stereocenters. The van der Waals surface area contributed by atoms with Crippen LogP contribution in [0.2, 0.25) is 0 Å². The maximum Gasteiger partial charge on any atom is 0.0332 e. The minimum absolute atomic E-state index is 0.220. The van der Waals surface area contributed by atoms with Crippen LogP contribution in [0.15, 0.2) is 29.2 Å². The third-order valence-corrected chi connectivity index (χ3v) is 6.30. The third kappa shape index (κ3) is 3.12. The molecule has 0 spiro atoms. The summed E-state index contributed by atoms with van der Waals surface area (Å²) in [5.41, 5.74) is 6.89. The van der Waals surface area contributed by atoms with Crippen LogP contribution in [0.25, 0.3) is 0 Å². The van der Waals surface area contributed by atoms with E-state index in [0.29, 0.717) is 12.5 Å². The Bertz CT molecular complexity index is 408. The highest BCUT2D eigenvalue weighted by Crippen LogP contribution is 2.39. The topological polar surface area (TPSA) is 43.1 Å². The molecule has 0 aliphatic carbocycles. The molecule has 1 aliphatic heterocycles. The smallest absolute Gasteiger partial charge is 0.0332 e. The van der Waals surface area contributed by atoms with E-state index in [1.807, 2.05) is 18.7 Å². The number of hydrogen-bond donors (Lipinski definition) is 1. The van der Waals surface area contributed by atoms with Crippen LogP contribution in [0.3, 0.4) is 0 Å². The summed E-state index contributed by atoms with van der Waals surface area (Å²) < 4.78 is 12.1. The Morgan fingerprint density at radius 3 is 3.06 bits per heavy atom. The van der Waals surface area contributed by atoms with Crippen LogP contribution in [-0.2, 0) is 10.8 Å². The molecular formula is C13H19NOS2. The van der Waals surface area contributed by atoms with Crippen molar-refractivity contribution in [2.24, 2.45) is 5.73 Å². The van der Waals surface area contributed by atoms with Crippen LogP contribution in [0, 0.1) is 0 Å². The van der Waals surface area contributed by atoms with Gasteiger partial charge in [-0.3, -0.25) is 4.21 Å². The average molecular weight is 269 g/mol. The molecule has 0 saturated heterocycles. The van der Waals surface area contributed by atoms with E-state index in [1.54, 1.807) is 0 Å². The van der Waals surface area contributed by atoms with Gasteiger partial charge in [0.2, 0.25) is 0 Å². The molecule has 1 heterocycles. The van der Waals surface area contributed by atoms with E-state index in [-0.39, 0.29) is 5.25 Å². The van der Waals surface area contributed by atoms with Crippen LogP contribution < -0.4 is 5.73 Å². The van der Waals surface area contributed by atoms with E-state index in [1.165, 1.54) is 10.5 Å². The summed E-state index contributed by atoms with van der Waals surface area (Å²) in [6.45, 7) is 2.67. The second kappa shape index (κ2) is 6.03. The van der Waals surface area contributed by atoms with Crippen molar-refractivity contribution in [2.75, 3.05) is 18.1 Å². The molecule has 1 aromatic rings. The number of hydrogen-bond acceptors (Lipinski definition) is 3. The molecule has 1 aromatic carbocycles. The normalized spacial score (nSPS) is 22.1. The highest BCUT2D eigenvalue weighted by atomic mass is 32.2. The van der Waals surface area contributed by atoms with Gasteiger partial charge >= 0.3 is 0 Å². The number of benzene rings is 1. The Morgan fingerprint density at radius 2 is 2.29 bits per heavy atom. The largest absolute Gasteiger partial charge is 0.330 e. The summed E-state index contributed by atoms with van der Waals surface area (Å²) in [5, 5.41) is 0.220. The third-order valence-electron chi connectivity index (χ3n) is 3.19. The van der Waals surface area contributed by atoms with Crippen molar-refractivity contribution in [3.8, 4) is 0 Å². The first-order valence-electron chi connectivity index (χ1n) is 6.01. The average Bonchev–Trinajstić information content (AvgIpc) is 2.73. The molecule has 2 nitrogen and oxygen atoms in total. The summed E-state index contributed by atoms with van der Waals surface area (Å²) in [4.78, 5) is 1.36. The molecular weight excluding hydrogens is 250 g/mol. The number of fused-ring (bicyclic) bond motifs is 1. The van der Waals surface area contributed by atoms with Gasteiger partial charge in [0.1, 0.15) is 0 Å². The predicted octanol–water partition coefficient (Wildman–Crippen LogP) is 2.36. The Morgan fingerprint density at radius 1 is 1.53 bits per heavy atom. The zero-order valence-corrected chi connectivity index (χ0v) is 11.7. The highest BCUT2D eigenvalue weighted by molar-refractivity contribution is 7.99. The lowest BCUT2D eigenvalue weighted by Crippen LogP contribution is -2.21. The summed E-state index contributed by atoms with van der Waals surface area (Å²) in [7, 11) is -0.755. The highest BCUT2D eigenvalue weighted by Gasteiger charge is 2.25. The van der Waals surface area contributed by atoms with Crippen molar-refractivity contribution in [1.29, 1.82) is 0 Å². The summed E-state index contributed by atoms with van der Waals surface area (Å²) in [5.74, 6) is 2.31. The lowest BCUT2D eigenvalue weighted by atomic mass is 10.0. The van der Waals surface area contributed by atoms with E-state index >= 15 is 0 Å². The van der Waals surface area contributed by atoms with E-state index in [4.69, 9.17) is 5.73 Å². The maximum absolute atomic E-state index is 12.1. The second-order valence-electron chi connectivity index (χ2n) is 4.48. The number of nitrogens with two attached hydrogens (primary N) is 1. The molecule has 0 radical (unpaired) electrons. The molecule has 0 aromatic heterocycles. The van der Waals surface area contributed by atoms with E-state index in [0.717, 1.165) is 17.9 Å². The van der Waals surface area contributed by atoms with Gasteiger partial charge in [-0.1, -0.05) is 25.1 Å². The molecule has 17 heavy (non-hydrogen) atoms. The number of thioether (sulfide) groups is 1. The van der Waals surface area contributed by atoms with E-state index in [2.05, 4.69) is 24.3 Å². The Hall–Kier alpha value is -0.320. The summed E-state index contributed by atoms with van der Waals surface area (Å²) >= 11 is 1.88. The minimum atomic E-state index is -0.755. The first-order chi connectivity index (χ1) is 8.22. The molecule has 0 fully saturated rings. The SMILES string of the molecule is CC(CCN)S(=O)CC1CSc2ccccc21. The molecule has 0 amide bonds. The molecule has 0 saturated carbocycles. The van der Waals surface area contributed by atoms with Gasteiger partial charge in [-0.25, -0.2) is 0 Å². The van der Waals surface area contributed by atoms with Gasteiger partial charge in [0.25, 0.3) is 0 Å². The van der Waals surface area contributed by atoms with Gasteiger partial charge in [-0.05, 0) is 24.6 Å². The lowest BCUT2D eigenvalue weighted by molar-refractivity contribution is 0.661. The van der Waals surface area contributed by atoms with Crippen molar-refractivity contribution in [3.05, 3.63) is 29.8 Å². The van der Waals surface area contributed by atoms with Crippen molar-refractivity contribution < 1.29 is 4.21 Å². The monoisotopic (exact) mass is 269 g/mol. The fourth-order valence-corrected chi connectivity index (χ4v) is 4.92. The van der Waals surface area contributed by atoms with Crippen LogP contribution in [0.1, 0.15) is 24.8 Å². The van der Waals surface area contributed by atoms with Gasteiger partial charge in [0, 0.05) is 38.4 Å². The summed E-state index contributed by atoms with van der Waals surface area (Å²) in [6.07, 6.45) is 0.855. The molecule has 2 rings (SSSR count). The lowest BCUT2D eigenvalue weighted by Gasteiger charge is -2.14. The zero-order valence-electron chi connectivity index (χ0n) is 10.1. The van der Waals surface area contributed by atoms with Crippen molar-refractivity contribution in [2.45, 2.75) is 29.4 Å².